The first-order valence-corrected chi connectivity index (χ1v) is 9.13. The zero-order chi connectivity index (χ0) is 19.4. The Morgan fingerprint density at radius 2 is 2.00 bits per heavy atom. The summed E-state index contributed by atoms with van der Waals surface area (Å²) in [5.74, 6) is -1.77. The Morgan fingerprint density at radius 1 is 1.31 bits per heavy atom. The number of fused-ring (bicyclic) bond motifs is 1. The van der Waals surface area contributed by atoms with Crippen LogP contribution < -0.4 is 10.9 Å². The van der Waals surface area contributed by atoms with Crippen LogP contribution in [0, 0.1) is 6.92 Å². The van der Waals surface area contributed by atoms with Crippen molar-refractivity contribution in [3.05, 3.63) is 33.7 Å². The van der Waals surface area contributed by atoms with Gasteiger partial charge in [0.2, 0.25) is 5.91 Å². The first-order valence-electron chi connectivity index (χ1n) is 7.74. The molecule has 0 aliphatic carbocycles. The maximum absolute atomic E-state index is 12.2. The Morgan fingerprint density at radius 3 is 2.62 bits per heavy atom. The number of carboxylic acids is 1. The second-order valence-corrected chi connectivity index (χ2v) is 6.73. The van der Waals surface area contributed by atoms with Gasteiger partial charge in [-0.15, -0.1) is 0 Å². The van der Waals surface area contributed by atoms with Crippen molar-refractivity contribution in [2.24, 2.45) is 0 Å². The van der Waals surface area contributed by atoms with Crippen LogP contribution in [0.5, 0.6) is 11.5 Å². The second kappa shape index (κ2) is 8.13. The molecule has 1 heterocycles. The Kier molecular flexibility index (Phi) is 6.14. The number of benzene rings is 1. The molecule has 9 heteroatoms. The standard InChI is InChI=1S/C17H19NO7S/c1-8-10(7-14(21)18-11(16(22)23)3-4-26-2)17(24)25-13-6-9(19)5-12(20)15(8)13/h5-6,11,19-20H,3-4,7H2,1-2H3,(H,18,21)(H,22,23). The number of carbonyl (C=O) groups is 2. The lowest BCUT2D eigenvalue weighted by Gasteiger charge is -2.14. The van der Waals surface area contributed by atoms with E-state index >= 15 is 0 Å². The highest BCUT2D eigenvalue weighted by Gasteiger charge is 2.22. The molecule has 0 fully saturated rings. The lowest BCUT2D eigenvalue weighted by molar-refractivity contribution is -0.141. The van der Waals surface area contributed by atoms with Crippen LogP contribution in [0.2, 0.25) is 0 Å². The lowest BCUT2D eigenvalue weighted by atomic mass is 10.0. The van der Waals surface area contributed by atoms with Gasteiger partial charge < -0.3 is 25.1 Å². The van der Waals surface area contributed by atoms with Crippen molar-refractivity contribution in [1.29, 1.82) is 0 Å². The summed E-state index contributed by atoms with van der Waals surface area (Å²) >= 11 is 1.46. The third-order valence-electron chi connectivity index (χ3n) is 3.92. The molecule has 0 radical (unpaired) electrons. The van der Waals surface area contributed by atoms with Crippen LogP contribution in [-0.4, -0.2) is 45.2 Å². The summed E-state index contributed by atoms with van der Waals surface area (Å²) in [5, 5.41) is 31.2. The summed E-state index contributed by atoms with van der Waals surface area (Å²) in [6.07, 6.45) is 1.70. The summed E-state index contributed by atoms with van der Waals surface area (Å²) < 4.78 is 5.08. The van der Waals surface area contributed by atoms with E-state index in [1.165, 1.54) is 17.8 Å². The molecule has 1 aromatic heterocycles. The van der Waals surface area contributed by atoms with Crippen molar-refractivity contribution >= 4 is 34.6 Å². The van der Waals surface area contributed by atoms with E-state index in [-0.39, 0.29) is 40.9 Å². The van der Waals surface area contributed by atoms with Crippen LogP contribution in [-0.2, 0) is 16.0 Å². The van der Waals surface area contributed by atoms with Gasteiger partial charge >= 0.3 is 11.6 Å². The first-order chi connectivity index (χ1) is 12.2. The molecule has 0 saturated heterocycles. The minimum Gasteiger partial charge on any atom is -0.508 e. The molecule has 8 nitrogen and oxygen atoms in total. The number of carbonyl (C=O) groups excluding carboxylic acids is 1. The average molecular weight is 381 g/mol. The van der Waals surface area contributed by atoms with E-state index in [9.17, 15) is 24.6 Å². The third-order valence-corrected chi connectivity index (χ3v) is 4.57. The number of thioether (sulfide) groups is 1. The van der Waals surface area contributed by atoms with Gasteiger partial charge in [-0.05, 0) is 30.9 Å². The number of aryl methyl sites for hydroxylation is 1. The van der Waals surface area contributed by atoms with Gasteiger partial charge in [-0.25, -0.2) is 9.59 Å². The number of phenolic OH excluding ortho intramolecular Hbond substituents is 2. The number of aliphatic carboxylic acids is 1. The van der Waals surface area contributed by atoms with Gasteiger partial charge in [-0.2, -0.15) is 11.8 Å². The van der Waals surface area contributed by atoms with Crippen molar-refractivity contribution < 1.29 is 29.3 Å². The van der Waals surface area contributed by atoms with Gasteiger partial charge in [-0.1, -0.05) is 0 Å². The molecule has 1 unspecified atom stereocenters. The first kappa shape index (κ1) is 19.6. The Labute approximate surface area is 152 Å². The molecule has 26 heavy (non-hydrogen) atoms. The summed E-state index contributed by atoms with van der Waals surface area (Å²) in [7, 11) is 0. The highest BCUT2D eigenvalue weighted by atomic mass is 32.2. The molecule has 0 bridgehead atoms. The van der Waals surface area contributed by atoms with E-state index in [2.05, 4.69) is 5.32 Å². The lowest BCUT2D eigenvalue weighted by Crippen LogP contribution is -2.42. The fraction of sp³-hybridized carbons (Fsp3) is 0.353. The highest BCUT2D eigenvalue weighted by Crippen LogP contribution is 2.32. The van der Waals surface area contributed by atoms with Crippen LogP contribution in [0.25, 0.3) is 11.0 Å². The van der Waals surface area contributed by atoms with Crippen molar-refractivity contribution in [2.45, 2.75) is 25.8 Å². The van der Waals surface area contributed by atoms with Crippen molar-refractivity contribution in [2.75, 3.05) is 12.0 Å². The van der Waals surface area contributed by atoms with E-state index in [4.69, 9.17) is 9.52 Å². The molecule has 0 spiro atoms. The average Bonchev–Trinajstić information content (AvgIpc) is 2.54. The smallest absolute Gasteiger partial charge is 0.340 e. The van der Waals surface area contributed by atoms with Gasteiger partial charge in [0.15, 0.2) is 0 Å². The second-order valence-electron chi connectivity index (χ2n) is 5.75. The van der Waals surface area contributed by atoms with Crippen LogP contribution in [0.3, 0.4) is 0 Å². The molecular formula is C17H19NO7S. The summed E-state index contributed by atoms with van der Waals surface area (Å²) in [5.41, 5.74) is -0.437. The number of carboxylic acid groups (broad SMARTS) is 1. The van der Waals surface area contributed by atoms with E-state index in [1.807, 2.05) is 6.26 Å². The Balaban J connectivity index is 2.31. The normalized spacial score (nSPS) is 12.1. The van der Waals surface area contributed by atoms with Gasteiger partial charge in [0.05, 0.1) is 17.4 Å². The molecule has 1 atom stereocenters. The number of nitrogens with one attached hydrogen (secondary N) is 1. The zero-order valence-corrected chi connectivity index (χ0v) is 15.1. The molecule has 1 aromatic carbocycles. The van der Waals surface area contributed by atoms with Gasteiger partial charge in [0, 0.05) is 12.1 Å². The topological polar surface area (TPSA) is 137 Å². The quantitative estimate of drug-likeness (QED) is 0.528. The molecule has 0 aliphatic heterocycles. The monoisotopic (exact) mass is 381 g/mol. The maximum atomic E-state index is 12.2. The zero-order valence-electron chi connectivity index (χ0n) is 14.2. The van der Waals surface area contributed by atoms with E-state index in [0.29, 0.717) is 11.3 Å². The SMILES string of the molecule is CSCCC(NC(=O)Cc1c(C)c2c(O)cc(O)cc2oc1=O)C(=O)O. The molecule has 2 rings (SSSR count). The largest absolute Gasteiger partial charge is 0.508 e. The number of amides is 1. The van der Waals surface area contributed by atoms with Crippen LogP contribution in [0.1, 0.15) is 17.5 Å². The number of phenols is 2. The Bertz CT molecular complexity index is 906. The van der Waals surface area contributed by atoms with Crippen molar-refractivity contribution in [3.8, 4) is 11.5 Å². The summed E-state index contributed by atoms with van der Waals surface area (Å²) in [6.45, 7) is 1.54. The molecule has 0 saturated carbocycles. The van der Waals surface area contributed by atoms with Gasteiger partial charge in [0.1, 0.15) is 23.1 Å². The third kappa shape index (κ3) is 4.29. The number of aromatic hydroxyl groups is 2. The minimum atomic E-state index is -1.15. The summed E-state index contributed by atoms with van der Waals surface area (Å²) in [4.78, 5) is 35.6. The van der Waals surface area contributed by atoms with E-state index in [1.54, 1.807) is 6.92 Å². The summed E-state index contributed by atoms with van der Waals surface area (Å²) in [6, 6.07) is 1.24. The maximum Gasteiger partial charge on any atom is 0.340 e. The number of hydrogen-bond acceptors (Lipinski definition) is 7. The molecule has 140 valence electrons. The van der Waals surface area contributed by atoms with Crippen LogP contribution in [0.4, 0.5) is 0 Å². The minimum absolute atomic E-state index is 0.00228. The van der Waals surface area contributed by atoms with Crippen LogP contribution in [0.15, 0.2) is 21.3 Å². The Hall–Kier alpha value is -2.68. The molecule has 0 aliphatic rings. The van der Waals surface area contributed by atoms with Gasteiger partial charge in [0.25, 0.3) is 0 Å². The molecular weight excluding hydrogens is 362 g/mol. The molecule has 4 N–H and O–H groups in total. The molecule has 2 aromatic rings. The fourth-order valence-electron chi connectivity index (χ4n) is 2.61. The predicted molar refractivity (Wildman–Crippen MR) is 96.8 cm³/mol. The van der Waals surface area contributed by atoms with Crippen molar-refractivity contribution in [3.63, 3.8) is 0 Å². The molecule has 1 amide bonds. The van der Waals surface area contributed by atoms with E-state index in [0.717, 1.165) is 6.07 Å². The fourth-order valence-corrected chi connectivity index (χ4v) is 3.08. The van der Waals surface area contributed by atoms with Gasteiger partial charge in [-0.3, -0.25) is 4.79 Å². The van der Waals surface area contributed by atoms with E-state index < -0.39 is 23.5 Å². The number of rotatable bonds is 7. The van der Waals surface area contributed by atoms with Crippen molar-refractivity contribution in [1.82, 2.24) is 5.32 Å². The van der Waals surface area contributed by atoms with Crippen LogP contribution >= 0.6 is 11.8 Å². The number of hydrogen-bond donors (Lipinski definition) is 4. The highest BCUT2D eigenvalue weighted by molar-refractivity contribution is 7.98. The predicted octanol–water partition coefficient (Wildman–Crippen LogP) is 1.38.